The Kier molecular flexibility index (Phi) is 7.83. The minimum atomic E-state index is -2.03. The second-order valence-corrected chi connectivity index (χ2v) is 14.1. The van der Waals surface area contributed by atoms with E-state index in [0.29, 0.717) is 5.57 Å². The van der Waals surface area contributed by atoms with Crippen molar-refractivity contribution in [3.05, 3.63) is 55.3 Å². The van der Waals surface area contributed by atoms with Gasteiger partial charge in [-0.05, 0) is 58.7 Å². The summed E-state index contributed by atoms with van der Waals surface area (Å²) in [5.41, 5.74) is -0.413. The van der Waals surface area contributed by atoms with Crippen molar-refractivity contribution in [1.29, 1.82) is 0 Å². The van der Waals surface area contributed by atoms with Crippen LogP contribution in [0.2, 0.25) is 18.1 Å². The zero-order valence-corrected chi connectivity index (χ0v) is 20.7. The third-order valence-electron chi connectivity index (χ3n) is 5.31. The van der Waals surface area contributed by atoms with Gasteiger partial charge in [0.2, 0.25) is 0 Å². The van der Waals surface area contributed by atoms with Crippen LogP contribution in [-0.4, -0.2) is 43.2 Å². The van der Waals surface area contributed by atoms with Crippen molar-refractivity contribution in [2.45, 2.75) is 58.2 Å². The Morgan fingerprint density at radius 2 is 2.03 bits per heavy atom. The molecule has 0 saturated heterocycles. The summed E-state index contributed by atoms with van der Waals surface area (Å²) < 4.78 is 18.8. The fourth-order valence-electron chi connectivity index (χ4n) is 2.51. The number of carbonyl (C=O) groups is 1. The number of nitrogens with one attached hydrogen (secondary N) is 1. The lowest BCUT2D eigenvalue weighted by Crippen LogP contribution is -2.43. The first kappa shape index (κ1) is 24.5. The number of ether oxygens (including phenoxy) is 2. The minimum Gasteiger partial charge on any atom is -0.463 e. The van der Waals surface area contributed by atoms with Crippen LogP contribution in [0.4, 0.5) is 0 Å². The molecule has 2 rings (SSSR count). The van der Waals surface area contributed by atoms with Crippen molar-refractivity contribution in [3.8, 4) is 0 Å². The Morgan fingerprint density at radius 3 is 2.63 bits per heavy atom. The summed E-state index contributed by atoms with van der Waals surface area (Å²) in [4.78, 5) is 37.9. The highest BCUT2D eigenvalue weighted by Gasteiger charge is 2.39. The summed E-state index contributed by atoms with van der Waals surface area (Å²) in [6.07, 6.45) is 4.82. The highest BCUT2D eigenvalue weighted by molar-refractivity contribution is 9.10. The number of halogens is 1. The minimum absolute atomic E-state index is 0.0242. The average Bonchev–Trinajstić information content (AvgIpc) is 3.03. The molecule has 1 aliphatic heterocycles. The molecule has 1 aliphatic rings. The summed E-state index contributed by atoms with van der Waals surface area (Å²) >= 11 is 3.13. The Bertz CT molecular complexity index is 957. The number of aromatic amines is 1. The highest BCUT2D eigenvalue weighted by atomic mass is 79.9. The molecular formula is C20H29BrN2O6Si. The summed E-state index contributed by atoms with van der Waals surface area (Å²) in [5, 5.41) is 0.0242. The van der Waals surface area contributed by atoms with Gasteiger partial charge in [0.25, 0.3) is 5.56 Å². The molecule has 30 heavy (non-hydrogen) atoms. The van der Waals surface area contributed by atoms with Gasteiger partial charge in [0.05, 0.1) is 17.7 Å². The van der Waals surface area contributed by atoms with Gasteiger partial charge < -0.3 is 13.9 Å². The summed E-state index contributed by atoms with van der Waals surface area (Å²) in [7, 11) is -2.03. The van der Waals surface area contributed by atoms with Crippen molar-refractivity contribution < 1.29 is 18.7 Å². The third kappa shape index (κ3) is 5.90. The Hall–Kier alpha value is -1.75. The van der Waals surface area contributed by atoms with Crippen molar-refractivity contribution >= 4 is 30.2 Å². The number of hydrogen-bond acceptors (Lipinski definition) is 6. The first-order valence-electron chi connectivity index (χ1n) is 9.72. The molecule has 0 radical (unpaired) electrons. The molecule has 0 aromatic carbocycles. The zero-order valence-electron chi connectivity index (χ0n) is 18.2. The van der Waals surface area contributed by atoms with Crippen LogP contribution in [0.15, 0.2) is 44.1 Å². The molecule has 0 unspecified atom stereocenters. The molecule has 0 fully saturated rings. The lowest BCUT2D eigenvalue weighted by Gasteiger charge is -2.37. The van der Waals surface area contributed by atoms with Gasteiger partial charge in [0.1, 0.15) is 6.10 Å². The van der Waals surface area contributed by atoms with E-state index >= 15 is 0 Å². The fourth-order valence-corrected chi connectivity index (χ4v) is 3.83. The predicted molar refractivity (Wildman–Crippen MR) is 120 cm³/mol. The third-order valence-corrected chi connectivity index (χ3v) is 10.4. The second-order valence-electron chi connectivity index (χ2n) is 8.48. The molecule has 8 nitrogen and oxygen atoms in total. The summed E-state index contributed by atoms with van der Waals surface area (Å²) in [6, 6.07) is 0. The maximum absolute atomic E-state index is 12.3. The molecular weight excluding hydrogens is 472 g/mol. The quantitative estimate of drug-likeness (QED) is 0.350. The molecule has 2 heterocycles. The van der Waals surface area contributed by atoms with Crippen LogP contribution in [-0.2, 0) is 18.7 Å². The lowest BCUT2D eigenvalue weighted by atomic mass is 10.1. The number of hydrogen-bond donors (Lipinski definition) is 1. The molecule has 1 N–H and O–H groups in total. The Balaban J connectivity index is 2.31. The van der Waals surface area contributed by atoms with E-state index in [1.165, 1.54) is 16.8 Å². The predicted octanol–water partition coefficient (Wildman–Crippen LogP) is 3.26. The van der Waals surface area contributed by atoms with Crippen LogP contribution in [0.5, 0.6) is 0 Å². The normalized spacial score (nSPS) is 19.9. The zero-order chi connectivity index (χ0) is 22.7. The number of nitrogens with zero attached hydrogens (tertiary/aromatic N) is 1. The van der Waals surface area contributed by atoms with Gasteiger partial charge in [-0.3, -0.25) is 14.3 Å². The SMILES string of the molecule is CCOC(=O)C=CC1=C[C@H](n2cc(Br)c(=O)[nH]c2=O)O[C@@H]1CO[Si](C)(C)C(C)(C)C. The number of carbonyl (C=O) groups excluding carboxylic acids is 1. The molecule has 0 bridgehead atoms. The number of rotatable bonds is 7. The van der Waals surface area contributed by atoms with Crippen LogP contribution in [0, 0.1) is 0 Å². The van der Waals surface area contributed by atoms with E-state index in [1.54, 1.807) is 19.1 Å². The smallest absolute Gasteiger partial charge is 0.330 e. The van der Waals surface area contributed by atoms with E-state index in [1.807, 2.05) is 0 Å². The molecule has 0 aliphatic carbocycles. The van der Waals surface area contributed by atoms with Crippen molar-refractivity contribution in [2.75, 3.05) is 13.2 Å². The molecule has 10 heteroatoms. The van der Waals surface area contributed by atoms with Gasteiger partial charge in [-0.2, -0.15) is 0 Å². The Labute approximate surface area is 185 Å². The van der Waals surface area contributed by atoms with Crippen LogP contribution in [0.1, 0.15) is 33.9 Å². The second kappa shape index (κ2) is 9.59. The average molecular weight is 501 g/mol. The van der Waals surface area contributed by atoms with E-state index < -0.39 is 37.9 Å². The van der Waals surface area contributed by atoms with Gasteiger partial charge in [-0.1, -0.05) is 20.8 Å². The van der Waals surface area contributed by atoms with Crippen molar-refractivity contribution in [3.63, 3.8) is 0 Å². The van der Waals surface area contributed by atoms with Gasteiger partial charge in [0, 0.05) is 12.3 Å². The molecule has 0 spiro atoms. The summed E-state index contributed by atoms with van der Waals surface area (Å²) in [5.74, 6) is -0.463. The maximum Gasteiger partial charge on any atom is 0.330 e. The van der Waals surface area contributed by atoms with E-state index in [9.17, 15) is 14.4 Å². The standard InChI is InChI=1S/C20H29BrN2O6Si/c1-7-27-17(24)9-8-13-10-16(23-11-14(21)18(25)22-19(23)26)29-15(13)12-28-30(5,6)20(2,3)4/h8-11,15-16H,7,12H2,1-6H3,(H,22,25,26)/t15-,16-/m1/s1. The molecule has 1 aromatic rings. The molecule has 1 aromatic heterocycles. The largest absolute Gasteiger partial charge is 0.463 e. The monoisotopic (exact) mass is 500 g/mol. The van der Waals surface area contributed by atoms with Crippen LogP contribution < -0.4 is 11.2 Å². The molecule has 0 saturated carbocycles. The van der Waals surface area contributed by atoms with Gasteiger partial charge in [-0.25, -0.2) is 9.59 Å². The van der Waals surface area contributed by atoms with Gasteiger partial charge in [-0.15, -0.1) is 0 Å². The van der Waals surface area contributed by atoms with Crippen molar-refractivity contribution in [1.82, 2.24) is 9.55 Å². The number of H-pyrrole nitrogens is 1. The number of aromatic nitrogens is 2. The van der Waals surface area contributed by atoms with Crippen LogP contribution in [0.25, 0.3) is 0 Å². The first-order chi connectivity index (χ1) is 13.9. The molecule has 2 atom stereocenters. The van der Waals surface area contributed by atoms with E-state index in [4.69, 9.17) is 13.9 Å². The maximum atomic E-state index is 12.3. The topological polar surface area (TPSA) is 99.6 Å². The lowest BCUT2D eigenvalue weighted by molar-refractivity contribution is -0.137. The number of esters is 1. The van der Waals surface area contributed by atoms with E-state index in [-0.39, 0.29) is 22.7 Å². The fraction of sp³-hybridized carbons (Fsp3) is 0.550. The molecule has 166 valence electrons. The van der Waals surface area contributed by atoms with Gasteiger partial charge >= 0.3 is 11.7 Å². The van der Waals surface area contributed by atoms with Crippen molar-refractivity contribution in [2.24, 2.45) is 0 Å². The van der Waals surface area contributed by atoms with E-state index in [0.717, 1.165) is 0 Å². The molecule has 0 amide bonds. The first-order valence-corrected chi connectivity index (χ1v) is 13.4. The van der Waals surface area contributed by atoms with Crippen LogP contribution >= 0.6 is 15.9 Å². The Morgan fingerprint density at radius 1 is 1.37 bits per heavy atom. The van der Waals surface area contributed by atoms with E-state index in [2.05, 4.69) is 54.8 Å². The van der Waals surface area contributed by atoms with Gasteiger partial charge in [0.15, 0.2) is 14.5 Å². The van der Waals surface area contributed by atoms with Crippen LogP contribution in [0.3, 0.4) is 0 Å². The highest BCUT2D eigenvalue weighted by Crippen LogP contribution is 2.37. The summed E-state index contributed by atoms with van der Waals surface area (Å²) in [6.45, 7) is 13.0.